The summed E-state index contributed by atoms with van der Waals surface area (Å²) in [4.78, 5) is 63.3. The first-order chi connectivity index (χ1) is 15.2. The number of aryl methyl sites for hydroxylation is 1. The highest BCUT2D eigenvalue weighted by Crippen LogP contribution is 2.35. The normalized spacial score (nSPS) is 16.9. The quantitative estimate of drug-likeness (QED) is 0.444. The molecule has 1 spiro atoms. The molecule has 0 bridgehead atoms. The van der Waals surface area contributed by atoms with E-state index in [1.165, 1.54) is 11.3 Å². The lowest BCUT2D eigenvalue weighted by Crippen LogP contribution is -2.44. The number of carbonyl (C=O) groups excluding carboxylic acids is 5. The van der Waals surface area contributed by atoms with Crippen molar-refractivity contribution in [3.05, 3.63) is 16.0 Å². The fourth-order valence-electron chi connectivity index (χ4n) is 4.13. The number of urea groups is 1. The topological polar surface area (TPSA) is 131 Å². The van der Waals surface area contributed by atoms with Crippen LogP contribution in [0.5, 0.6) is 0 Å². The first-order valence-corrected chi connectivity index (χ1v) is 11.4. The van der Waals surface area contributed by atoms with E-state index in [1.807, 2.05) is 13.8 Å². The van der Waals surface area contributed by atoms with Crippen LogP contribution in [-0.2, 0) is 30.3 Å². The number of anilines is 1. The third kappa shape index (κ3) is 4.62. The fraction of sp³-hybridized carbons (Fsp3) is 0.571. The number of nitrogens with zero attached hydrogens (tertiary/aromatic N) is 1. The van der Waals surface area contributed by atoms with Gasteiger partial charge in [0.05, 0.1) is 12.2 Å². The summed E-state index contributed by atoms with van der Waals surface area (Å²) in [6, 6.07) is -0.626. The van der Waals surface area contributed by atoms with E-state index in [-0.39, 0.29) is 6.61 Å². The second-order valence-corrected chi connectivity index (χ2v) is 8.96. The van der Waals surface area contributed by atoms with Gasteiger partial charge in [0.2, 0.25) is 0 Å². The molecule has 1 aliphatic carbocycles. The van der Waals surface area contributed by atoms with Crippen molar-refractivity contribution in [3.63, 3.8) is 0 Å². The molecular formula is C21H27N3O7S. The molecule has 2 heterocycles. The first-order valence-electron chi connectivity index (χ1n) is 10.6. The van der Waals surface area contributed by atoms with E-state index < -0.39 is 48.5 Å². The van der Waals surface area contributed by atoms with Crippen molar-refractivity contribution >= 4 is 46.1 Å². The summed E-state index contributed by atoms with van der Waals surface area (Å²) in [7, 11) is 0. The SMILES string of the molecule is CCOC(=O)c1c(NC(=O)COC(=O)CN2C(=O)NC3(CCCC3)C2=O)sc(C)c1CC. The zero-order valence-electron chi connectivity index (χ0n) is 18.4. The van der Waals surface area contributed by atoms with Gasteiger partial charge in [-0.1, -0.05) is 19.8 Å². The van der Waals surface area contributed by atoms with Crippen molar-refractivity contribution in [1.82, 2.24) is 10.2 Å². The third-order valence-electron chi connectivity index (χ3n) is 5.65. The minimum absolute atomic E-state index is 0.200. The summed E-state index contributed by atoms with van der Waals surface area (Å²) in [6.45, 7) is 4.46. The highest BCUT2D eigenvalue weighted by atomic mass is 32.1. The molecule has 11 heteroatoms. The number of nitrogens with one attached hydrogen (secondary N) is 2. The number of carbonyl (C=O) groups is 5. The van der Waals surface area contributed by atoms with E-state index in [1.54, 1.807) is 6.92 Å². The minimum atomic E-state index is -0.910. The standard InChI is InChI=1S/C21H27N3O7S/c1-4-13-12(3)32-17(16(13)18(27)30-5-2)22-14(25)11-31-15(26)10-24-19(28)21(23-20(24)29)8-6-7-9-21/h4-11H2,1-3H3,(H,22,25)(H,23,29). The van der Waals surface area contributed by atoms with Gasteiger partial charge in [-0.25, -0.2) is 9.59 Å². The van der Waals surface area contributed by atoms with E-state index in [9.17, 15) is 24.0 Å². The number of hydrogen-bond acceptors (Lipinski definition) is 8. The van der Waals surface area contributed by atoms with Crippen LogP contribution in [0, 0.1) is 6.92 Å². The molecule has 1 aromatic rings. The predicted octanol–water partition coefficient (Wildman–Crippen LogP) is 2.14. The number of esters is 2. The Labute approximate surface area is 189 Å². The molecule has 0 aromatic carbocycles. The third-order valence-corrected chi connectivity index (χ3v) is 6.71. The molecular weight excluding hydrogens is 438 g/mol. The maximum Gasteiger partial charge on any atom is 0.341 e. The Morgan fingerprint density at radius 3 is 2.47 bits per heavy atom. The van der Waals surface area contributed by atoms with Crippen molar-refractivity contribution in [2.75, 3.05) is 25.1 Å². The Hall–Kier alpha value is -2.95. The van der Waals surface area contributed by atoms with Gasteiger partial charge in [0.25, 0.3) is 11.8 Å². The number of hydrogen-bond donors (Lipinski definition) is 2. The highest BCUT2D eigenvalue weighted by Gasteiger charge is 2.52. The zero-order chi connectivity index (χ0) is 23.5. The molecule has 10 nitrogen and oxygen atoms in total. The van der Waals surface area contributed by atoms with Crippen LogP contribution in [0.1, 0.15) is 60.3 Å². The number of rotatable bonds is 8. The molecule has 3 rings (SSSR count). The van der Waals surface area contributed by atoms with Crippen LogP contribution in [0.4, 0.5) is 9.80 Å². The Morgan fingerprint density at radius 2 is 1.84 bits per heavy atom. The Bertz CT molecular complexity index is 949. The molecule has 1 aromatic heterocycles. The molecule has 4 amide bonds. The molecule has 1 saturated carbocycles. The van der Waals surface area contributed by atoms with Gasteiger partial charge >= 0.3 is 18.0 Å². The van der Waals surface area contributed by atoms with E-state index >= 15 is 0 Å². The number of thiophene rings is 1. The van der Waals surface area contributed by atoms with Crippen LogP contribution in [-0.4, -0.2) is 60.0 Å². The van der Waals surface area contributed by atoms with E-state index in [4.69, 9.17) is 9.47 Å². The summed E-state index contributed by atoms with van der Waals surface area (Å²) >= 11 is 1.24. The molecule has 2 fully saturated rings. The number of amides is 4. The number of ether oxygens (including phenoxy) is 2. The van der Waals surface area contributed by atoms with Crippen LogP contribution in [0.25, 0.3) is 0 Å². The second-order valence-electron chi connectivity index (χ2n) is 7.73. The van der Waals surface area contributed by atoms with Crippen LogP contribution < -0.4 is 10.6 Å². The van der Waals surface area contributed by atoms with Crippen LogP contribution in [0.15, 0.2) is 0 Å². The summed E-state index contributed by atoms with van der Waals surface area (Å²) in [6.07, 6.45) is 3.36. The maximum atomic E-state index is 12.6. The van der Waals surface area contributed by atoms with Gasteiger partial charge in [-0.2, -0.15) is 0 Å². The van der Waals surface area contributed by atoms with Crippen LogP contribution >= 0.6 is 11.3 Å². The van der Waals surface area contributed by atoms with Crippen molar-refractivity contribution in [1.29, 1.82) is 0 Å². The summed E-state index contributed by atoms with van der Waals surface area (Å²) in [5, 5.41) is 5.60. The summed E-state index contributed by atoms with van der Waals surface area (Å²) in [5.74, 6) is -2.47. The van der Waals surface area contributed by atoms with Crippen molar-refractivity contribution in [2.24, 2.45) is 0 Å². The molecule has 174 valence electrons. The van der Waals surface area contributed by atoms with Crippen molar-refractivity contribution < 1.29 is 33.4 Å². The molecule has 1 saturated heterocycles. The highest BCUT2D eigenvalue weighted by molar-refractivity contribution is 7.16. The molecule has 1 aliphatic heterocycles. The minimum Gasteiger partial charge on any atom is -0.462 e. The van der Waals surface area contributed by atoms with E-state index in [0.29, 0.717) is 29.8 Å². The van der Waals surface area contributed by atoms with Gasteiger partial charge in [-0.15, -0.1) is 11.3 Å². The Kier molecular flexibility index (Phi) is 7.17. The van der Waals surface area contributed by atoms with E-state index in [0.717, 1.165) is 28.2 Å². The van der Waals surface area contributed by atoms with Gasteiger partial charge in [0.15, 0.2) is 6.61 Å². The van der Waals surface area contributed by atoms with Crippen molar-refractivity contribution in [3.8, 4) is 0 Å². The largest absolute Gasteiger partial charge is 0.462 e. The smallest absolute Gasteiger partial charge is 0.341 e. The molecule has 2 N–H and O–H groups in total. The summed E-state index contributed by atoms with van der Waals surface area (Å²) in [5.41, 5.74) is 0.185. The Morgan fingerprint density at radius 1 is 1.16 bits per heavy atom. The van der Waals surface area contributed by atoms with Gasteiger partial charge in [-0.3, -0.25) is 19.3 Å². The lowest BCUT2D eigenvalue weighted by Gasteiger charge is -2.19. The predicted molar refractivity (Wildman–Crippen MR) is 115 cm³/mol. The lowest BCUT2D eigenvalue weighted by molar-refractivity contribution is -0.150. The summed E-state index contributed by atoms with van der Waals surface area (Å²) < 4.78 is 10.1. The zero-order valence-corrected chi connectivity index (χ0v) is 19.2. The maximum absolute atomic E-state index is 12.6. The molecule has 0 radical (unpaired) electrons. The van der Waals surface area contributed by atoms with Gasteiger partial charge < -0.3 is 20.1 Å². The van der Waals surface area contributed by atoms with E-state index in [2.05, 4.69) is 10.6 Å². The first kappa shape index (κ1) is 23.7. The average molecular weight is 466 g/mol. The second kappa shape index (κ2) is 9.68. The average Bonchev–Trinajstić information content (AvgIpc) is 3.40. The monoisotopic (exact) mass is 465 g/mol. The molecule has 0 atom stereocenters. The number of imide groups is 1. The van der Waals surface area contributed by atoms with Crippen LogP contribution in [0.3, 0.4) is 0 Å². The van der Waals surface area contributed by atoms with Gasteiger partial charge in [0, 0.05) is 4.88 Å². The fourth-order valence-corrected chi connectivity index (χ4v) is 5.28. The molecule has 0 unspecified atom stereocenters. The molecule has 2 aliphatic rings. The Balaban J connectivity index is 1.57. The molecule has 32 heavy (non-hydrogen) atoms. The van der Waals surface area contributed by atoms with Crippen LogP contribution in [0.2, 0.25) is 0 Å². The van der Waals surface area contributed by atoms with Crippen molar-refractivity contribution in [2.45, 2.75) is 58.4 Å². The van der Waals surface area contributed by atoms with Gasteiger partial charge in [0.1, 0.15) is 17.1 Å². The van der Waals surface area contributed by atoms with Gasteiger partial charge in [-0.05, 0) is 38.7 Å². The lowest BCUT2D eigenvalue weighted by atomic mass is 9.98.